The number of carbonyl (C=O) groups excluding carboxylic acids is 1. The number of aromatic nitrogens is 2. The number of nitrogens with one attached hydrogen (secondary N) is 2. The van der Waals surface area contributed by atoms with E-state index in [0.717, 1.165) is 32.1 Å². The fraction of sp³-hybridized carbons (Fsp3) is 0.667. The molecule has 1 atom stereocenters. The second-order valence-corrected chi connectivity index (χ2v) is 6.66. The van der Waals surface area contributed by atoms with Gasteiger partial charge in [0.25, 0.3) is 5.91 Å². The largest absolute Gasteiger partial charge is 0.346 e. The van der Waals surface area contributed by atoms with Gasteiger partial charge in [0.15, 0.2) is 6.04 Å². The zero-order valence-electron chi connectivity index (χ0n) is 13.4. The van der Waals surface area contributed by atoms with E-state index in [1.165, 1.54) is 4.90 Å². The molecule has 0 spiro atoms. The fourth-order valence-electron chi connectivity index (χ4n) is 2.54. The van der Waals surface area contributed by atoms with E-state index < -0.39 is 0 Å². The van der Waals surface area contributed by atoms with Crippen LogP contribution in [-0.4, -0.2) is 53.6 Å². The maximum absolute atomic E-state index is 12.2. The lowest BCUT2D eigenvalue weighted by atomic mass is 10.1. The molecular formula is C15H26N5O+. The number of rotatable bonds is 3. The van der Waals surface area contributed by atoms with Crippen LogP contribution in [-0.2, 0) is 4.79 Å². The second kappa shape index (κ2) is 6.39. The lowest BCUT2D eigenvalue weighted by Crippen LogP contribution is -3.19. The van der Waals surface area contributed by atoms with Crippen molar-refractivity contribution in [3.8, 4) is 0 Å². The van der Waals surface area contributed by atoms with Crippen molar-refractivity contribution in [3.63, 3.8) is 0 Å². The summed E-state index contributed by atoms with van der Waals surface area (Å²) in [6.45, 7) is 11.7. The maximum Gasteiger partial charge on any atom is 0.278 e. The van der Waals surface area contributed by atoms with E-state index in [1.54, 1.807) is 12.4 Å². The minimum Gasteiger partial charge on any atom is -0.346 e. The van der Waals surface area contributed by atoms with Gasteiger partial charge in [-0.25, -0.2) is 9.97 Å². The van der Waals surface area contributed by atoms with Crippen LogP contribution in [0.1, 0.15) is 27.7 Å². The van der Waals surface area contributed by atoms with Crippen LogP contribution >= 0.6 is 0 Å². The summed E-state index contributed by atoms with van der Waals surface area (Å²) in [7, 11) is 0. The van der Waals surface area contributed by atoms with Crippen molar-refractivity contribution in [2.75, 3.05) is 31.1 Å². The monoisotopic (exact) mass is 292 g/mol. The van der Waals surface area contributed by atoms with Gasteiger partial charge in [0.05, 0.1) is 26.2 Å². The van der Waals surface area contributed by atoms with Crippen LogP contribution in [0.15, 0.2) is 18.5 Å². The summed E-state index contributed by atoms with van der Waals surface area (Å²) >= 11 is 0. The molecule has 2 N–H and O–H groups in total. The molecule has 1 saturated heterocycles. The Kier molecular flexibility index (Phi) is 4.77. The van der Waals surface area contributed by atoms with Crippen molar-refractivity contribution in [3.05, 3.63) is 18.5 Å². The van der Waals surface area contributed by atoms with Gasteiger partial charge in [-0.1, -0.05) is 0 Å². The van der Waals surface area contributed by atoms with Crippen molar-refractivity contribution in [1.82, 2.24) is 15.3 Å². The van der Waals surface area contributed by atoms with Gasteiger partial charge in [-0.3, -0.25) is 4.79 Å². The van der Waals surface area contributed by atoms with Gasteiger partial charge in [0, 0.05) is 17.9 Å². The van der Waals surface area contributed by atoms with Gasteiger partial charge in [-0.2, -0.15) is 0 Å². The van der Waals surface area contributed by atoms with Crippen molar-refractivity contribution >= 4 is 11.9 Å². The normalized spacial score (nSPS) is 18.4. The molecule has 6 nitrogen and oxygen atoms in total. The Morgan fingerprint density at radius 1 is 1.29 bits per heavy atom. The SMILES string of the molecule is C[C@@H](C(=O)NC(C)(C)C)[NH+]1CCN(c2ncccn2)CC1. The molecule has 1 amide bonds. The minimum atomic E-state index is -0.176. The Balaban J connectivity index is 1.87. The van der Waals surface area contributed by atoms with E-state index in [2.05, 4.69) is 20.2 Å². The highest BCUT2D eigenvalue weighted by molar-refractivity contribution is 5.80. The predicted octanol–water partition coefficient (Wildman–Crippen LogP) is -0.515. The standard InChI is InChI=1S/C15H25N5O/c1-12(13(21)18-15(2,3)4)19-8-10-20(11-9-19)14-16-6-5-7-17-14/h5-7,12H,8-11H2,1-4H3,(H,18,21)/p+1/t12-/m0/s1. The number of quaternary nitrogens is 1. The topological polar surface area (TPSA) is 62.6 Å². The van der Waals surface area contributed by atoms with E-state index in [0.29, 0.717) is 0 Å². The lowest BCUT2D eigenvalue weighted by Gasteiger charge is -2.35. The van der Waals surface area contributed by atoms with Gasteiger partial charge >= 0.3 is 0 Å². The van der Waals surface area contributed by atoms with E-state index in [4.69, 9.17) is 0 Å². The molecule has 1 aliphatic heterocycles. The molecule has 6 heteroatoms. The summed E-state index contributed by atoms with van der Waals surface area (Å²) in [6.07, 6.45) is 3.53. The molecule has 2 rings (SSSR count). The van der Waals surface area contributed by atoms with E-state index in [9.17, 15) is 4.79 Å². The third-order valence-electron chi connectivity index (χ3n) is 3.74. The van der Waals surface area contributed by atoms with E-state index in [-0.39, 0.29) is 17.5 Å². The van der Waals surface area contributed by atoms with Crippen LogP contribution in [0, 0.1) is 0 Å². The first-order valence-corrected chi connectivity index (χ1v) is 7.55. The number of hydrogen-bond acceptors (Lipinski definition) is 4. The molecule has 1 aromatic rings. The smallest absolute Gasteiger partial charge is 0.278 e. The number of nitrogens with zero attached hydrogens (tertiary/aromatic N) is 3. The van der Waals surface area contributed by atoms with Crippen LogP contribution in [0.4, 0.5) is 5.95 Å². The number of amides is 1. The molecule has 1 fully saturated rings. The molecule has 0 saturated carbocycles. The summed E-state index contributed by atoms with van der Waals surface area (Å²) < 4.78 is 0. The van der Waals surface area contributed by atoms with Crippen molar-refractivity contribution in [2.24, 2.45) is 0 Å². The molecule has 0 radical (unpaired) electrons. The summed E-state index contributed by atoms with van der Waals surface area (Å²) in [6, 6.07) is 1.80. The Hall–Kier alpha value is -1.69. The molecule has 2 heterocycles. The third-order valence-corrected chi connectivity index (χ3v) is 3.74. The van der Waals surface area contributed by atoms with E-state index in [1.807, 2.05) is 33.8 Å². The summed E-state index contributed by atoms with van der Waals surface area (Å²) in [4.78, 5) is 24.3. The average Bonchev–Trinajstić information content (AvgIpc) is 2.46. The summed E-state index contributed by atoms with van der Waals surface area (Å²) in [5.74, 6) is 0.908. The number of carbonyl (C=O) groups is 1. The first kappa shape index (κ1) is 15.7. The van der Waals surface area contributed by atoms with Crippen molar-refractivity contribution < 1.29 is 9.69 Å². The van der Waals surface area contributed by atoms with Gasteiger partial charge < -0.3 is 15.1 Å². The molecule has 116 valence electrons. The molecule has 0 aliphatic carbocycles. The van der Waals surface area contributed by atoms with Crippen LogP contribution in [0.5, 0.6) is 0 Å². The van der Waals surface area contributed by atoms with Gasteiger partial charge in [0.1, 0.15) is 0 Å². The molecule has 1 aliphatic rings. The first-order chi connectivity index (χ1) is 9.87. The zero-order valence-corrected chi connectivity index (χ0v) is 13.4. The quantitative estimate of drug-likeness (QED) is 0.787. The molecule has 0 aromatic carbocycles. The van der Waals surface area contributed by atoms with Gasteiger partial charge in [-0.05, 0) is 33.8 Å². The first-order valence-electron chi connectivity index (χ1n) is 7.55. The van der Waals surface area contributed by atoms with Crippen molar-refractivity contribution in [1.29, 1.82) is 0 Å². The number of hydrogen-bond donors (Lipinski definition) is 2. The zero-order chi connectivity index (χ0) is 15.5. The molecule has 0 bridgehead atoms. The van der Waals surface area contributed by atoms with Crippen molar-refractivity contribution in [2.45, 2.75) is 39.3 Å². The van der Waals surface area contributed by atoms with Gasteiger partial charge in [-0.15, -0.1) is 0 Å². The highest BCUT2D eigenvalue weighted by atomic mass is 16.2. The number of piperazine rings is 1. The molecule has 21 heavy (non-hydrogen) atoms. The average molecular weight is 292 g/mol. The Labute approximate surface area is 126 Å². The summed E-state index contributed by atoms with van der Waals surface area (Å²) in [5.41, 5.74) is -0.176. The fourth-order valence-corrected chi connectivity index (χ4v) is 2.54. The van der Waals surface area contributed by atoms with Crippen LogP contribution in [0.25, 0.3) is 0 Å². The molecule has 0 unspecified atom stereocenters. The highest BCUT2D eigenvalue weighted by Gasteiger charge is 2.31. The Bertz CT molecular complexity index is 463. The van der Waals surface area contributed by atoms with E-state index >= 15 is 0 Å². The van der Waals surface area contributed by atoms with Crippen LogP contribution in [0.3, 0.4) is 0 Å². The molecule has 1 aromatic heterocycles. The van der Waals surface area contributed by atoms with Crippen LogP contribution < -0.4 is 15.1 Å². The molecular weight excluding hydrogens is 266 g/mol. The highest BCUT2D eigenvalue weighted by Crippen LogP contribution is 2.04. The van der Waals surface area contributed by atoms with Gasteiger partial charge in [0.2, 0.25) is 5.95 Å². The summed E-state index contributed by atoms with van der Waals surface area (Å²) in [5, 5.41) is 3.06. The maximum atomic E-state index is 12.2. The third kappa shape index (κ3) is 4.39. The Morgan fingerprint density at radius 2 is 1.86 bits per heavy atom. The Morgan fingerprint density at radius 3 is 2.38 bits per heavy atom. The lowest BCUT2D eigenvalue weighted by molar-refractivity contribution is -0.914. The predicted molar refractivity (Wildman–Crippen MR) is 82.3 cm³/mol. The second-order valence-electron chi connectivity index (χ2n) is 6.66. The number of anilines is 1. The minimum absolute atomic E-state index is 0.0249. The van der Waals surface area contributed by atoms with Crippen LogP contribution in [0.2, 0.25) is 0 Å².